The molecule has 0 aliphatic carbocycles. The Morgan fingerprint density at radius 2 is 1.13 bits per heavy atom. The van der Waals surface area contributed by atoms with Crippen molar-refractivity contribution in [1.29, 1.82) is 0 Å². The van der Waals surface area contributed by atoms with Gasteiger partial charge < -0.3 is 9.80 Å². The molecular weight excluding hydrogens is 280 g/mol. The summed E-state index contributed by atoms with van der Waals surface area (Å²) in [6.45, 7) is 9.26. The smallest absolute Gasteiger partial charge is 0.101 e. The highest BCUT2D eigenvalue weighted by atomic mass is 15.4. The second kappa shape index (κ2) is 13.7. The van der Waals surface area contributed by atoms with Crippen LogP contribution in [0.25, 0.3) is 0 Å². The Morgan fingerprint density at radius 3 is 1.74 bits per heavy atom. The third-order valence-electron chi connectivity index (χ3n) is 5.17. The van der Waals surface area contributed by atoms with E-state index in [4.69, 9.17) is 0 Å². The fourth-order valence-corrected chi connectivity index (χ4v) is 3.61. The zero-order valence-corrected chi connectivity index (χ0v) is 16.2. The maximum atomic E-state index is 2.60. The Hall–Kier alpha value is -0.660. The van der Waals surface area contributed by atoms with Crippen molar-refractivity contribution < 1.29 is 0 Å². The van der Waals surface area contributed by atoms with Crippen LogP contribution in [-0.2, 0) is 0 Å². The molecule has 136 valence electrons. The molecule has 0 radical (unpaired) electrons. The van der Waals surface area contributed by atoms with Crippen LogP contribution in [-0.4, -0.2) is 29.1 Å². The van der Waals surface area contributed by atoms with Crippen LogP contribution in [0.4, 0.5) is 0 Å². The van der Waals surface area contributed by atoms with Crippen LogP contribution in [0.5, 0.6) is 0 Å². The summed E-state index contributed by atoms with van der Waals surface area (Å²) in [6.07, 6.45) is 23.4. The van der Waals surface area contributed by atoms with Crippen LogP contribution in [0, 0.1) is 0 Å². The van der Waals surface area contributed by atoms with E-state index in [0.717, 1.165) is 6.54 Å². The van der Waals surface area contributed by atoms with Crippen LogP contribution in [0.3, 0.4) is 0 Å². The highest BCUT2D eigenvalue weighted by Crippen LogP contribution is 2.22. The summed E-state index contributed by atoms with van der Waals surface area (Å²) in [5, 5.41) is 0. The molecule has 0 spiro atoms. The average molecular weight is 323 g/mol. The van der Waals surface area contributed by atoms with E-state index in [2.05, 4.69) is 43.0 Å². The molecule has 23 heavy (non-hydrogen) atoms. The minimum Gasteiger partial charge on any atom is -0.356 e. The summed E-state index contributed by atoms with van der Waals surface area (Å²) in [7, 11) is 0. The van der Waals surface area contributed by atoms with E-state index >= 15 is 0 Å². The van der Waals surface area contributed by atoms with Gasteiger partial charge in [-0.15, -0.1) is 0 Å². The molecule has 0 saturated heterocycles. The van der Waals surface area contributed by atoms with Gasteiger partial charge in [0.2, 0.25) is 0 Å². The normalized spacial score (nSPS) is 17.4. The molecule has 1 aliphatic heterocycles. The van der Waals surface area contributed by atoms with Gasteiger partial charge in [-0.05, 0) is 26.2 Å². The van der Waals surface area contributed by atoms with Crippen molar-refractivity contribution in [1.82, 2.24) is 9.80 Å². The van der Waals surface area contributed by atoms with E-state index in [9.17, 15) is 0 Å². The van der Waals surface area contributed by atoms with Gasteiger partial charge >= 0.3 is 0 Å². The molecule has 2 nitrogen and oxygen atoms in total. The van der Waals surface area contributed by atoms with Gasteiger partial charge in [0.05, 0.1) is 0 Å². The quantitative estimate of drug-likeness (QED) is 0.316. The molecule has 0 aromatic rings. The van der Waals surface area contributed by atoms with Gasteiger partial charge in [-0.1, -0.05) is 78.1 Å². The van der Waals surface area contributed by atoms with E-state index in [-0.39, 0.29) is 0 Å². The number of hydrogen-bond acceptors (Lipinski definition) is 2. The van der Waals surface area contributed by atoms with Crippen LogP contribution in [0.15, 0.2) is 12.4 Å². The van der Waals surface area contributed by atoms with Crippen molar-refractivity contribution in [3.8, 4) is 0 Å². The number of nitrogens with zero attached hydrogens (tertiary/aromatic N) is 2. The first-order valence-corrected chi connectivity index (χ1v) is 10.5. The Labute approximate surface area is 146 Å². The zero-order chi connectivity index (χ0) is 16.8. The monoisotopic (exact) mass is 322 g/mol. The maximum Gasteiger partial charge on any atom is 0.101 e. The Morgan fingerprint density at radius 1 is 0.609 bits per heavy atom. The summed E-state index contributed by atoms with van der Waals surface area (Å²) in [6, 6.07) is 0. The average Bonchev–Trinajstić information content (AvgIpc) is 2.96. The third-order valence-corrected chi connectivity index (χ3v) is 5.17. The second-order valence-corrected chi connectivity index (χ2v) is 7.17. The van der Waals surface area contributed by atoms with Gasteiger partial charge in [0.1, 0.15) is 6.17 Å². The first kappa shape index (κ1) is 20.4. The molecule has 0 saturated carbocycles. The predicted molar refractivity (Wildman–Crippen MR) is 103 cm³/mol. The van der Waals surface area contributed by atoms with E-state index in [1.165, 1.54) is 90.0 Å². The molecule has 0 fully saturated rings. The number of hydrogen-bond donors (Lipinski definition) is 0. The van der Waals surface area contributed by atoms with Gasteiger partial charge in [0, 0.05) is 25.5 Å². The lowest BCUT2D eigenvalue weighted by Gasteiger charge is -2.32. The van der Waals surface area contributed by atoms with Gasteiger partial charge in [-0.3, -0.25) is 0 Å². The molecule has 1 aliphatic rings. The Balaban J connectivity index is 2.17. The van der Waals surface area contributed by atoms with Gasteiger partial charge in [0.25, 0.3) is 0 Å². The zero-order valence-electron chi connectivity index (χ0n) is 16.2. The summed E-state index contributed by atoms with van der Waals surface area (Å²) >= 11 is 0. The molecule has 0 N–H and O–H groups in total. The Kier molecular flexibility index (Phi) is 12.2. The molecule has 1 heterocycles. The van der Waals surface area contributed by atoms with Crippen molar-refractivity contribution in [2.75, 3.05) is 13.1 Å². The predicted octanol–water partition coefficient (Wildman–Crippen LogP) is 6.53. The molecular formula is C21H42N2. The SMILES string of the molecule is CCCCCCCCCC1N(CC)C=CN1CCCCCCC. The molecule has 2 heteroatoms. The van der Waals surface area contributed by atoms with Crippen LogP contribution in [0.2, 0.25) is 0 Å². The van der Waals surface area contributed by atoms with E-state index in [1.807, 2.05) is 0 Å². The summed E-state index contributed by atoms with van der Waals surface area (Å²) in [5.41, 5.74) is 0. The van der Waals surface area contributed by atoms with E-state index in [0.29, 0.717) is 6.17 Å². The topological polar surface area (TPSA) is 6.48 Å². The lowest BCUT2D eigenvalue weighted by atomic mass is 10.1. The van der Waals surface area contributed by atoms with E-state index in [1.54, 1.807) is 0 Å². The van der Waals surface area contributed by atoms with Crippen molar-refractivity contribution in [3.63, 3.8) is 0 Å². The largest absolute Gasteiger partial charge is 0.356 e. The lowest BCUT2D eigenvalue weighted by Crippen LogP contribution is -2.38. The summed E-state index contributed by atoms with van der Waals surface area (Å²) in [4.78, 5) is 5.13. The van der Waals surface area contributed by atoms with Crippen LogP contribution >= 0.6 is 0 Å². The summed E-state index contributed by atoms with van der Waals surface area (Å²) in [5.74, 6) is 0. The van der Waals surface area contributed by atoms with E-state index < -0.39 is 0 Å². The number of rotatable bonds is 15. The lowest BCUT2D eigenvalue weighted by molar-refractivity contribution is 0.142. The van der Waals surface area contributed by atoms with Gasteiger partial charge in [0.15, 0.2) is 0 Å². The summed E-state index contributed by atoms with van der Waals surface area (Å²) < 4.78 is 0. The third kappa shape index (κ3) is 8.67. The van der Waals surface area contributed by atoms with Crippen molar-refractivity contribution in [2.45, 2.75) is 110 Å². The highest BCUT2D eigenvalue weighted by Gasteiger charge is 2.23. The Bertz CT molecular complexity index is 288. The molecule has 0 amide bonds. The molecule has 0 bridgehead atoms. The molecule has 0 aromatic carbocycles. The van der Waals surface area contributed by atoms with Crippen LogP contribution < -0.4 is 0 Å². The molecule has 1 rings (SSSR count). The maximum absolute atomic E-state index is 2.60. The standard InChI is InChI=1S/C21H42N2/c1-4-7-9-11-12-13-15-17-21-22(6-3)19-20-23(21)18-16-14-10-8-5-2/h19-21H,4-18H2,1-3H3. The number of unbranched alkanes of at least 4 members (excludes halogenated alkanes) is 10. The minimum atomic E-state index is 0.641. The minimum absolute atomic E-state index is 0.641. The molecule has 1 atom stereocenters. The fraction of sp³-hybridized carbons (Fsp3) is 0.905. The molecule has 0 aromatic heterocycles. The second-order valence-electron chi connectivity index (χ2n) is 7.17. The van der Waals surface area contributed by atoms with Crippen molar-refractivity contribution in [2.24, 2.45) is 0 Å². The van der Waals surface area contributed by atoms with Crippen LogP contribution in [0.1, 0.15) is 104 Å². The first-order valence-electron chi connectivity index (χ1n) is 10.5. The van der Waals surface area contributed by atoms with Gasteiger partial charge in [-0.2, -0.15) is 0 Å². The van der Waals surface area contributed by atoms with Gasteiger partial charge in [-0.25, -0.2) is 0 Å². The van der Waals surface area contributed by atoms with Crippen molar-refractivity contribution >= 4 is 0 Å². The highest BCUT2D eigenvalue weighted by molar-refractivity contribution is 4.96. The fourth-order valence-electron chi connectivity index (χ4n) is 3.61. The van der Waals surface area contributed by atoms with Crippen molar-refractivity contribution in [3.05, 3.63) is 12.4 Å². The molecule has 1 unspecified atom stereocenters. The first-order chi connectivity index (χ1) is 11.3.